The molecule has 1 fully saturated rings. The van der Waals surface area contributed by atoms with Crippen LogP contribution < -0.4 is 0 Å². The monoisotopic (exact) mass is 369 g/mol. The van der Waals surface area contributed by atoms with Crippen molar-refractivity contribution in [2.24, 2.45) is 5.92 Å². The first kappa shape index (κ1) is 18.5. The Morgan fingerprint density at radius 2 is 1.81 bits per heavy atom. The van der Waals surface area contributed by atoms with Crippen LogP contribution in [-0.4, -0.2) is 34.5 Å². The summed E-state index contributed by atoms with van der Waals surface area (Å²) in [7, 11) is 0. The lowest BCUT2D eigenvalue weighted by Gasteiger charge is -2.37. The van der Waals surface area contributed by atoms with Gasteiger partial charge in [-0.25, -0.2) is 0 Å². The van der Waals surface area contributed by atoms with E-state index in [4.69, 9.17) is 0 Å². The van der Waals surface area contributed by atoms with E-state index < -0.39 is 11.9 Å². The van der Waals surface area contributed by atoms with Gasteiger partial charge < -0.3 is 10.0 Å². The summed E-state index contributed by atoms with van der Waals surface area (Å²) >= 11 is 1.76. The van der Waals surface area contributed by atoms with Crippen LogP contribution >= 0.6 is 11.8 Å². The van der Waals surface area contributed by atoms with Gasteiger partial charge in [0.25, 0.3) is 5.91 Å². The smallest absolute Gasteiger partial charge is 0.308 e. The molecule has 1 aliphatic rings. The number of thioether (sulfide) groups is 1. The third-order valence-corrected chi connectivity index (χ3v) is 6.00. The lowest BCUT2D eigenvalue weighted by molar-refractivity contribution is -0.144. The Labute approximate surface area is 158 Å². The zero-order chi connectivity index (χ0) is 18.5. The number of carboxylic acids is 1. The highest BCUT2D eigenvalue weighted by molar-refractivity contribution is 7.98. The Kier molecular flexibility index (Phi) is 5.99. The Morgan fingerprint density at radius 3 is 2.46 bits per heavy atom. The number of rotatable bonds is 5. The maximum Gasteiger partial charge on any atom is 0.308 e. The van der Waals surface area contributed by atoms with E-state index in [2.05, 4.69) is 12.1 Å². The Morgan fingerprint density at radius 1 is 1.12 bits per heavy atom. The third-order valence-electron chi connectivity index (χ3n) is 4.92. The van der Waals surface area contributed by atoms with Gasteiger partial charge in [0, 0.05) is 28.8 Å². The fraction of sp³-hybridized carbons (Fsp3) is 0.333. The molecule has 2 atom stereocenters. The van der Waals surface area contributed by atoms with E-state index in [0.29, 0.717) is 18.5 Å². The number of hydrogen-bond acceptors (Lipinski definition) is 3. The molecular formula is C21H23NO3S. The number of carbonyl (C=O) groups is 2. The molecule has 136 valence electrons. The van der Waals surface area contributed by atoms with E-state index in [-0.39, 0.29) is 11.9 Å². The van der Waals surface area contributed by atoms with Crippen molar-refractivity contribution in [1.82, 2.24) is 4.90 Å². The van der Waals surface area contributed by atoms with Gasteiger partial charge in [-0.3, -0.25) is 9.59 Å². The number of nitrogens with zero attached hydrogens (tertiary/aromatic N) is 1. The van der Waals surface area contributed by atoms with Crippen molar-refractivity contribution in [3.8, 4) is 0 Å². The van der Waals surface area contributed by atoms with Crippen molar-refractivity contribution in [2.45, 2.75) is 36.5 Å². The number of carboxylic acid groups (broad SMARTS) is 1. The van der Waals surface area contributed by atoms with E-state index in [0.717, 1.165) is 17.7 Å². The second-order valence-corrected chi connectivity index (χ2v) is 7.67. The summed E-state index contributed by atoms with van der Waals surface area (Å²) in [6.45, 7) is 2.45. The van der Waals surface area contributed by atoms with Crippen molar-refractivity contribution >= 4 is 23.6 Å². The molecule has 1 amide bonds. The highest BCUT2D eigenvalue weighted by atomic mass is 32.2. The molecule has 26 heavy (non-hydrogen) atoms. The van der Waals surface area contributed by atoms with E-state index in [9.17, 15) is 14.7 Å². The minimum absolute atomic E-state index is 0.0780. The van der Waals surface area contributed by atoms with Gasteiger partial charge in [0.05, 0.1) is 5.92 Å². The van der Waals surface area contributed by atoms with Gasteiger partial charge in [0.15, 0.2) is 0 Å². The molecule has 0 aromatic heterocycles. The molecule has 1 N–H and O–H groups in total. The van der Waals surface area contributed by atoms with Gasteiger partial charge in [-0.05, 0) is 49.6 Å². The van der Waals surface area contributed by atoms with Gasteiger partial charge in [-0.1, -0.05) is 30.3 Å². The van der Waals surface area contributed by atoms with Crippen LogP contribution in [0.25, 0.3) is 0 Å². The van der Waals surface area contributed by atoms with E-state index in [1.54, 1.807) is 16.7 Å². The predicted octanol–water partition coefficient (Wildman–Crippen LogP) is 4.30. The maximum atomic E-state index is 12.8. The molecule has 0 saturated carbocycles. The summed E-state index contributed by atoms with van der Waals surface area (Å²) in [5, 5.41) is 9.33. The van der Waals surface area contributed by atoms with E-state index in [1.807, 2.05) is 49.4 Å². The molecule has 1 saturated heterocycles. The zero-order valence-electron chi connectivity index (χ0n) is 14.8. The molecule has 0 radical (unpaired) electrons. The van der Waals surface area contributed by atoms with Gasteiger partial charge in [0.1, 0.15) is 0 Å². The lowest BCUT2D eigenvalue weighted by Crippen LogP contribution is -2.49. The minimum Gasteiger partial charge on any atom is -0.481 e. The molecule has 1 aliphatic heterocycles. The van der Waals surface area contributed by atoms with Crippen LogP contribution in [-0.2, 0) is 10.5 Å². The quantitative estimate of drug-likeness (QED) is 0.798. The van der Waals surface area contributed by atoms with Gasteiger partial charge >= 0.3 is 5.97 Å². The molecule has 0 spiro atoms. The number of likely N-dealkylation sites (tertiary alicyclic amines) is 1. The van der Waals surface area contributed by atoms with Crippen molar-refractivity contribution in [3.63, 3.8) is 0 Å². The predicted molar refractivity (Wildman–Crippen MR) is 103 cm³/mol. The highest BCUT2D eigenvalue weighted by Crippen LogP contribution is 2.26. The summed E-state index contributed by atoms with van der Waals surface area (Å²) in [6.07, 6.45) is 1.37. The van der Waals surface area contributed by atoms with E-state index in [1.165, 1.54) is 4.90 Å². The number of hydrogen-bond donors (Lipinski definition) is 1. The van der Waals surface area contributed by atoms with Crippen LogP contribution in [0.5, 0.6) is 0 Å². The van der Waals surface area contributed by atoms with Gasteiger partial charge in [-0.15, -0.1) is 11.8 Å². The number of amides is 1. The average Bonchev–Trinajstić information content (AvgIpc) is 2.67. The van der Waals surface area contributed by atoms with Crippen molar-refractivity contribution < 1.29 is 14.7 Å². The van der Waals surface area contributed by atoms with Crippen molar-refractivity contribution in [2.75, 3.05) is 6.54 Å². The summed E-state index contributed by atoms with van der Waals surface area (Å²) in [5.41, 5.74) is 1.78. The van der Waals surface area contributed by atoms with Crippen LogP contribution in [0.3, 0.4) is 0 Å². The van der Waals surface area contributed by atoms with Crippen LogP contribution in [0.2, 0.25) is 0 Å². The zero-order valence-corrected chi connectivity index (χ0v) is 15.6. The van der Waals surface area contributed by atoms with Crippen LogP contribution in [0, 0.1) is 5.92 Å². The first-order valence-corrected chi connectivity index (χ1v) is 9.85. The molecular weight excluding hydrogens is 346 g/mol. The Hall–Kier alpha value is -2.27. The molecule has 5 heteroatoms. The fourth-order valence-corrected chi connectivity index (χ4v) is 4.23. The molecule has 0 bridgehead atoms. The van der Waals surface area contributed by atoms with Gasteiger partial charge in [0.2, 0.25) is 0 Å². The summed E-state index contributed by atoms with van der Waals surface area (Å²) in [5.74, 6) is -0.525. The number of aliphatic carboxylic acids is 1. The molecule has 0 aliphatic carbocycles. The summed E-state index contributed by atoms with van der Waals surface area (Å²) in [6, 6.07) is 17.6. The third kappa shape index (κ3) is 4.28. The molecule has 0 unspecified atom stereocenters. The Balaban J connectivity index is 1.64. The molecule has 3 rings (SSSR count). The molecule has 2 aromatic rings. The minimum atomic E-state index is -0.816. The first-order valence-electron chi connectivity index (χ1n) is 8.87. The second kappa shape index (κ2) is 8.41. The Bertz CT molecular complexity index is 761. The summed E-state index contributed by atoms with van der Waals surface area (Å²) in [4.78, 5) is 27.1. The largest absolute Gasteiger partial charge is 0.481 e. The van der Waals surface area contributed by atoms with Gasteiger partial charge in [-0.2, -0.15) is 0 Å². The van der Waals surface area contributed by atoms with Crippen LogP contribution in [0.4, 0.5) is 0 Å². The lowest BCUT2D eigenvalue weighted by atomic mass is 9.90. The average molecular weight is 369 g/mol. The SMILES string of the molecule is C[C@@H]1[C@H](C(=O)O)CCCN1C(=O)c1ccc(CSc2ccccc2)cc1. The van der Waals surface area contributed by atoms with Crippen LogP contribution in [0.15, 0.2) is 59.5 Å². The second-order valence-electron chi connectivity index (χ2n) is 6.62. The number of carbonyl (C=O) groups excluding carboxylic acids is 1. The van der Waals surface area contributed by atoms with Crippen molar-refractivity contribution in [1.29, 1.82) is 0 Å². The molecule has 1 heterocycles. The number of benzene rings is 2. The topological polar surface area (TPSA) is 57.6 Å². The van der Waals surface area contributed by atoms with Crippen LogP contribution in [0.1, 0.15) is 35.7 Å². The highest BCUT2D eigenvalue weighted by Gasteiger charge is 2.35. The maximum absolute atomic E-state index is 12.8. The van der Waals surface area contributed by atoms with E-state index >= 15 is 0 Å². The molecule has 2 aromatic carbocycles. The normalized spacial score (nSPS) is 20.0. The summed E-state index contributed by atoms with van der Waals surface area (Å²) < 4.78 is 0. The fourth-order valence-electron chi connectivity index (χ4n) is 3.35. The van der Waals surface area contributed by atoms with Crippen molar-refractivity contribution in [3.05, 3.63) is 65.7 Å². The number of piperidine rings is 1. The molecule has 4 nitrogen and oxygen atoms in total. The first-order chi connectivity index (χ1) is 12.6. The standard InChI is InChI=1S/C21H23NO3S/c1-15-19(21(24)25)8-5-13-22(15)20(23)17-11-9-16(10-12-17)14-26-18-6-3-2-4-7-18/h2-4,6-7,9-12,15,19H,5,8,13-14H2,1H3,(H,24,25)/t15-,19-/m1/s1.